The van der Waals surface area contributed by atoms with Crippen molar-refractivity contribution in [3.05, 3.63) is 80.9 Å². The number of carbonyl (C=O) groups is 2. The molecule has 0 aromatic carbocycles. The molecule has 0 saturated heterocycles. The minimum absolute atomic E-state index is 0.0818. The Hall–Kier alpha value is -5.58. The van der Waals surface area contributed by atoms with Crippen LogP contribution in [0.5, 0.6) is 0 Å². The first kappa shape index (κ1) is 57.7. The molecule has 6 heterocycles. The fourth-order valence-corrected chi connectivity index (χ4v) is 10.1. The lowest BCUT2D eigenvalue weighted by molar-refractivity contribution is -0.126. The van der Waals surface area contributed by atoms with Gasteiger partial charge in [0.15, 0.2) is 0 Å². The number of aliphatic hydroxyl groups is 10. The SMILES string of the molecule is CCC1=C(C)c2nc1cc1nc(cc3[nH]c(cc4[nH]c(cc4CCCC(=O)NCC(O)C(O)C(O)C(O)CO)cc4[nH]c2c(C)c4CC)c(CC)c3CC)C(CCCC(=O)NCC(O)C(O)C(O)C(O)CO)=C1C. The number of H-pyrrole nitrogens is 3. The summed E-state index contributed by atoms with van der Waals surface area (Å²) in [7, 11) is 0. The van der Waals surface area contributed by atoms with Gasteiger partial charge in [0.1, 0.15) is 36.6 Å². The fourth-order valence-electron chi connectivity index (χ4n) is 10.1. The van der Waals surface area contributed by atoms with Gasteiger partial charge in [-0.1, -0.05) is 27.7 Å². The van der Waals surface area contributed by atoms with E-state index in [9.17, 15) is 50.4 Å². The summed E-state index contributed by atoms with van der Waals surface area (Å²) >= 11 is 0. The third-order valence-corrected chi connectivity index (χ3v) is 14.5. The minimum Gasteiger partial charge on any atom is -0.394 e. The number of aromatic nitrogens is 5. The lowest BCUT2D eigenvalue weighted by Crippen LogP contribution is -2.49. The summed E-state index contributed by atoms with van der Waals surface area (Å²) in [6.45, 7) is 12.3. The summed E-state index contributed by atoms with van der Waals surface area (Å²) in [6, 6.07) is 10.4. The Balaban J connectivity index is 1.43. The highest BCUT2D eigenvalue weighted by molar-refractivity contribution is 5.98. The molecule has 19 heteroatoms. The van der Waals surface area contributed by atoms with Crippen LogP contribution in [0.2, 0.25) is 0 Å². The van der Waals surface area contributed by atoms with Crippen LogP contribution in [0.25, 0.3) is 55.4 Å². The van der Waals surface area contributed by atoms with Crippen molar-refractivity contribution in [2.75, 3.05) is 26.3 Å². The van der Waals surface area contributed by atoms with E-state index in [0.717, 1.165) is 132 Å². The minimum atomic E-state index is -1.81. The number of nitrogens with zero attached hydrogens (tertiary/aromatic N) is 2. The summed E-state index contributed by atoms with van der Waals surface area (Å²) in [5.41, 5.74) is 18.1. The molecule has 404 valence electrons. The van der Waals surface area contributed by atoms with Gasteiger partial charge in [0.05, 0.1) is 53.7 Å². The summed E-state index contributed by atoms with van der Waals surface area (Å²) in [5, 5.41) is 104. The van der Waals surface area contributed by atoms with Gasteiger partial charge in [0.25, 0.3) is 0 Å². The molecule has 0 saturated carbocycles. The first-order chi connectivity index (χ1) is 35.3. The second-order valence-electron chi connectivity index (χ2n) is 19.4. The summed E-state index contributed by atoms with van der Waals surface area (Å²) in [5.74, 6) is -0.761. The van der Waals surface area contributed by atoms with E-state index >= 15 is 0 Å². The number of fused-ring (bicyclic) bond motifs is 11. The Morgan fingerprint density at radius 3 is 1.58 bits per heavy atom. The molecule has 0 aliphatic carbocycles. The molecule has 2 amide bonds. The van der Waals surface area contributed by atoms with Crippen molar-refractivity contribution in [1.29, 1.82) is 0 Å². The molecule has 2 aliphatic rings. The topological polar surface area (TPSA) is 334 Å². The highest BCUT2D eigenvalue weighted by Crippen LogP contribution is 2.39. The van der Waals surface area contributed by atoms with Crippen LogP contribution in [0.1, 0.15) is 131 Å². The highest BCUT2D eigenvalue weighted by atomic mass is 16.4. The Morgan fingerprint density at radius 1 is 0.527 bits per heavy atom. The predicted molar refractivity (Wildman–Crippen MR) is 285 cm³/mol. The standard InChI is InChI=1S/C55H77N7O12/c1-8-32-28(6)50-51-29(7)33(9-2)40(62-51)20-37-27(5)36(15-13-17-49(70)57-24-45(66)53(72)55(74)47(68)26-64)43(59-37)22-42-35(11-4)34(10-3)41(60-42)21-38-30(18-31(58-38)19-39(32)61-50)14-12-16-48(69)56-23-44(65)52(71)54(73)46(67)25-63/h18-22,44-47,52-55,58,60-61,63-68,71-74H,8-17,23-26H2,1-7H3,(H,56,69)(H,57,70). The molecule has 0 fully saturated rings. The van der Waals surface area contributed by atoms with Gasteiger partial charge in [-0.25, -0.2) is 9.97 Å². The molecule has 10 bridgehead atoms. The van der Waals surface area contributed by atoms with Crippen LogP contribution >= 0.6 is 0 Å². The van der Waals surface area contributed by atoms with E-state index in [2.05, 4.69) is 97.5 Å². The van der Waals surface area contributed by atoms with Gasteiger partial charge in [-0.2, -0.15) is 0 Å². The number of rotatable bonds is 24. The van der Waals surface area contributed by atoms with Crippen LogP contribution in [-0.4, -0.2) is 163 Å². The lowest BCUT2D eigenvalue weighted by atomic mass is 9.98. The molecule has 2 aliphatic heterocycles. The van der Waals surface area contributed by atoms with Crippen molar-refractivity contribution in [2.45, 2.75) is 162 Å². The maximum Gasteiger partial charge on any atom is 0.220 e. The Labute approximate surface area is 430 Å². The first-order valence-electron chi connectivity index (χ1n) is 25.9. The normalized spacial score (nSPS) is 16.2. The van der Waals surface area contributed by atoms with Crippen LogP contribution in [-0.2, 0) is 35.3 Å². The summed E-state index contributed by atoms with van der Waals surface area (Å²) in [4.78, 5) is 47.8. The van der Waals surface area contributed by atoms with E-state index in [1.165, 1.54) is 0 Å². The van der Waals surface area contributed by atoms with Gasteiger partial charge in [-0.3, -0.25) is 9.59 Å². The van der Waals surface area contributed by atoms with E-state index in [1.54, 1.807) is 0 Å². The number of hydrogen-bond acceptors (Lipinski definition) is 14. The monoisotopic (exact) mass is 1030 g/mol. The van der Waals surface area contributed by atoms with E-state index in [4.69, 9.17) is 20.2 Å². The second kappa shape index (κ2) is 25.8. The maximum absolute atomic E-state index is 13.1. The Morgan fingerprint density at radius 2 is 1.04 bits per heavy atom. The molecule has 0 spiro atoms. The number of carbonyl (C=O) groups excluding carboxylic acids is 2. The first-order valence-corrected chi connectivity index (χ1v) is 25.9. The van der Waals surface area contributed by atoms with Crippen molar-refractivity contribution in [2.24, 2.45) is 0 Å². The highest BCUT2D eigenvalue weighted by Gasteiger charge is 2.32. The number of hydrogen-bond donors (Lipinski definition) is 15. The third kappa shape index (κ3) is 12.9. The Bertz CT molecular complexity index is 2920. The van der Waals surface area contributed by atoms with Crippen LogP contribution in [0.15, 0.2) is 30.3 Å². The molecule has 8 unspecified atom stereocenters. The van der Waals surface area contributed by atoms with Crippen LogP contribution in [0, 0.1) is 6.92 Å². The van der Waals surface area contributed by atoms with E-state index in [1.807, 2.05) is 6.92 Å². The van der Waals surface area contributed by atoms with E-state index in [0.29, 0.717) is 25.7 Å². The largest absolute Gasteiger partial charge is 0.394 e. The molecule has 4 aromatic rings. The summed E-state index contributed by atoms with van der Waals surface area (Å²) < 4.78 is 0. The number of aromatic amines is 3. The number of allylic oxidation sites excluding steroid dienone is 4. The quantitative estimate of drug-likeness (QED) is 0.0480. The van der Waals surface area contributed by atoms with Gasteiger partial charge >= 0.3 is 0 Å². The third-order valence-electron chi connectivity index (χ3n) is 14.5. The fraction of sp³-hybridized carbons (Fsp3) is 0.527. The zero-order valence-corrected chi connectivity index (χ0v) is 43.6. The lowest BCUT2D eigenvalue weighted by Gasteiger charge is -2.25. The number of aliphatic hydroxyl groups excluding tert-OH is 10. The molecule has 4 aromatic heterocycles. The zero-order valence-electron chi connectivity index (χ0n) is 43.6. The molecule has 15 N–H and O–H groups in total. The predicted octanol–water partition coefficient (Wildman–Crippen LogP) is 3.22. The Kier molecular flexibility index (Phi) is 20.1. The second-order valence-corrected chi connectivity index (χ2v) is 19.4. The molecule has 74 heavy (non-hydrogen) atoms. The molecule has 6 rings (SSSR count). The average molecular weight is 1030 g/mol. The van der Waals surface area contributed by atoms with Gasteiger partial charge < -0.3 is 76.7 Å². The van der Waals surface area contributed by atoms with Crippen molar-refractivity contribution >= 4 is 67.2 Å². The molecule has 0 radical (unpaired) electrons. The van der Waals surface area contributed by atoms with Crippen molar-refractivity contribution in [3.63, 3.8) is 0 Å². The van der Waals surface area contributed by atoms with E-state index < -0.39 is 62.0 Å². The van der Waals surface area contributed by atoms with Gasteiger partial charge in [0.2, 0.25) is 11.8 Å². The smallest absolute Gasteiger partial charge is 0.220 e. The molecule has 8 atom stereocenters. The maximum atomic E-state index is 13.1. The average Bonchev–Trinajstić information content (AvgIpc) is 4.18. The molecular formula is C55H77N7O12. The van der Waals surface area contributed by atoms with Crippen molar-refractivity contribution in [1.82, 2.24) is 35.6 Å². The van der Waals surface area contributed by atoms with Gasteiger partial charge in [-0.15, -0.1) is 0 Å². The van der Waals surface area contributed by atoms with Crippen molar-refractivity contribution < 1.29 is 60.7 Å². The van der Waals surface area contributed by atoms with Crippen LogP contribution in [0.3, 0.4) is 0 Å². The molecular weight excluding hydrogens is 951 g/mol. The molecule has 19 nitrogen and oxygen atoms in total. The van der Waals surface area contributed by atoms with E-state index in [-0.39, 0.29) is 37.7 Å². The number of aryl methyl sites for hydroxylation is 5. The van der Waals surface area contributed by atoms with Crippen molar-refractivity contribution in [3.8, 4) is 0 Å². The van der Waals surface area contributed by atoms with Gasteiger partial charge in [-0.05, 0) is 153 Å². The van der Waals surface area contributed by atoms with Crippen LogP contribution < -0.4 is 10.6 Å². The number of nitrogens with one attached hydrogen (secondary N) is 5. The zero-order chi connectivity index (χ0) is 54.1. The van der Waals surface area contributed by atoms with Crippen LogP contribution in [0.4, 0.5) is 0 Å². The van der Waals surface area contributed by atoms with Gasteiger partial charge in [0, 0.05) is 53.5 Å². The number of amides is 2. The summed E-state index contributed by atoms with van der Waals surface area (Å²) in [6.07, 6.45) is -8.71.